The van der Waals surface area contributed by atoms with E-state index < -0.39 is 11.6 Å². The molecule has 1 unspecified atom stereocenters. The zero-order valence-electron chi connectivity index (χ0n) is 14.0. The van der Waals surface area contributed by atoms with Crippen LogP contribution in [0.3, 0.4) is 0 Å². The zero-order chi connectivity index (χ0) is 16.4. The number of rotatable bonds is 2. The van der Waals surface area contributed by atoms with Gasteiger partial charge in [0.25, 0.3) is 0 Å². The molecule has 0 aliphatic carbocycles. The van der Waals surface area contributed by atoms with Gasteiger partial charge in [-0.15, -0.1) is 0 Å². The number of ether oxygens (including phenoxy) is 1. The molecule has 122 valence electrons. The average Bonchev–Trinajstić information content (AvgIpc) is 2.34. The van der Waals surface area contributed by atoms with Crippen molar-refractivity contribution in [2.45, 2.75) is 59.2 Å². The first kappa shape index (κ1) is 17.8. The molecule has 1 aliphatic heterocycles. The molecule has 0 saturated carbocycles. The van der Waals surface area contributed by atoms with Crippen LogP contribution in [0.4, 0.5) is 4.79 Å². The van der Waals surface area contributed by atoms with Gasteiger partial charge in [-0.3, -0.25) is 4.79 Å². The highest BCUT2D eigenvalue weighted by atomic mass is 16.6. The summed E-state index contributed by atoms with van der Waals surface area (Å²) in [4.78, 5) is 27.8. The van der Waals surface area contributed by atoms with Crippen LogP contribution in [0.2, 0.25) is 0 Å². The van der Waals surface area contributed by atoms with E-state index in [0.717, 1.165) is 0 Å². The van der Waals surface area contributed by atoms with Crippen molar-refractivity contribution in [1.29, 1.82) is 0 Å². The fourth-order valence-electron chi connectivity index (χ4n) is 2.25. The number of hydrogen-bond donors (Lipinski definition) is 1. The third-order valence-electron chi connectivity index (χ3n) is 3.57. The Labute approximate surface area is 127 Å². The van der Waals surface area contributed by atoms with Crippen LogP contribution in [0.1, 0.15) is 41.5 Å². The lowest BCUT2D eigenvalue weighted by atomic mass is 10.0. The standard InChI is InChI=1S/C15H29N3O3/c1-10(2)12(16)13(19)17-7-8-18(11(3)9-17)14(20)21-15(4,5)6/h10-12H,7-9,16H2,1-6H3/t11?,12-/m0/s1. The Kier molecular flexibility index (Phi) is 5.61. The van der Waals surface area contributed by atoms with Gasteiger partial charge in [-0.05, 0) is 33.6 Å². The van der Waals surface area contributed by atoms with Crippen molar-refractivity contribution in [3.05, 3.63) is 0 Å². The fraction of sp³-hybridized carbons (Fsp3) is 0.867. The van der Waals surface area contributed by atoms with Crippen LogP contribution in [0.15, 0.2) is 0 Å². The summed E-state index contributed by atoms with van der Waals surface area (Å²) in [6, 6.07) is -0.554. The number of hydrogen-bond acceptors (Lipinski definition) is 4. The van der Waals surface area contributed by atoms with Gasteiger partial charge in [0.2, 0.25) is 5.91 Å². The number of amides is 2. The first-order valence-electron chi connectivity index (χ1n) is 7.57. The van der Waals surface area contributed by atoms with Crippen LogP contribution >= 0.6 is 0 Å². The third kappa shape index (κ3) is 4.88. The van der Waals surface area contributed by atoms with Gasteiger partial charge in [-0.25, -0.2) is 4.79 Å². The molecule has 21 heavy (non-hydrogen) atoms. The third-order valence-corrected chi connectivity index (χ3v) is 3.57. The summed E-state index contributed by atoms with van der Waals surface area (Å²) in [6.07, 6.45) is -0.324. The highest BCUT2D eigenvalue weighted by Crippen LogP contribution is 2.16. The second kappa shape index (κ2) is 6.64. The minimum Gasteiger partial charge on any atom is -0.444 e. The molecule has 6 heteroatoms. The fourth-order valence-corrected chi connectivity index (χ4v) is 2.25. The maximum Gasteiger partial charge on any atom is 0.410 e. The highest BCUT2D eigenvalue weighted by Gasteiger charge is 2.34. The lowest BCUT2D eigenvalue weighted by molar-refractivity contribution is -0.136. The van der Waals surface area contributed by atoms with Crippen molar-refractivity contribution >= 4 is 12.0 Å². The highest BCUT2D eigenvalue weighted by molar-refractivity contribution is 5.82. The Hall–Kier alpha value is -1.30. The molecule has 0 spiro atoms. The van der Waals surface area contributed by atoms with Crippen molar-refractivity contribution < 1.29 is 14.3 Å². The topological polar surface area (TPSA) is 75.9 Å². The van der Waals surface area contributed by atoms with Crippen molar-refractivity contribution in [3.8, 4) is 0 Å². The molecule has 1 saturated heterocycles. The molecule has 1 heterocycles. The van der Waals surface area contributed by atoms with Crippen molar-refractivity contribution in [2.24, 2.45) is 11.7 Å². The van der Waals surface area contributed by atoms with E-state index in [1.54, 1.807) is 9.80 Å². The molecule has 2 atom stereocenters. The van der Waals surface area contributed by atoms with E-state index in [-0.39, 0.29) is 24.0 Å². The smallest absolute Gasteiger partial charge is 0.410 e. The lowest BCUT2D eigenvalue weighted by Crippen LogP contribution is -2.59. The summed E-state index contributed by atoms with van der Waals surface area (Å²) in [5.74, 6) is 0.0670. The summed E-state index contributed by atoms with van der Waals surface area (Å²) in [7, 11) is 0. The number of piperazine rings is 1. The van der Waals surface area contributed by atoms with Crippen LogP contribution in [0, 0.1) is 5.92 Å². The largest absolute Gasteiger partial charge is 0.444 e. The minimum atomic E-state index is -0.510. The Bertz CT molecular complexity index is 390. The van der Waals surface area contributed by atoms with Gasteiger partial charge in [-0.1, -0.05) is 13.8 Å². The molecule has 0 aromatic carbocycles. The molecular weight excluding hydrogens is 270 g/mol. The van der Waals surface area contributed by atoms with Gasteiger partial charge < -0.3 is 20.3 Å². The van der Waals surface area contributed by atoms with E-state index in [0.29, 0.717) is 19.6 Å². The Morgan fingerprint density at radius 3 is 2.24 bits per heavy atom. The quantitative estimate of drug-likeness (QED) is 0.837. The predicted octanol–water partition coefficient (Wildman–Crippen LogP) is 1.44. The molecule has 1 rings (SSSR count). The van der Waals surface area contributed by atoms with Crippen molar-refractivity contribution in [3.63, 3.8) is 0 Å². The Morgan fingerprint density at radius 2 is 1.81 bits per heavy atom. The molecule has 0 radical (unpaired) electrons. The second-order valence-corrected chi connectivity index (χ2v) is 7.08. The Balaban J connectivity index is 2.62. The van der Waals surface area contributed by atoms with E-state index in [1.165, 1.54) is 0 Å². The molecule has 1 fully saturated rings. The van der Waals surface area contributed by atoms with Crippen LogP contribution < -0.4 is 5.73 Å². The van der Waals surface area contributed by atoms with Gasteiger partial charge in [0.15, 0.2) is 0 Å². The maximum atomic E-state index is 12.3. The first-order chi connectivity index (χ1) is 9.53. The van der Waals surface area contributed by atoms with E-state index >= 15 is 0 Å². The first-order valence-corrected chi connectivity index (χ1v) is 7.57. The van der Waals surface area contributed by atoms with Crippen LogP contribution in [0.5, 0.6) is 0 Å². The summed E-state index contributed by atoms with van der Waals surface area (Å²) in [5, 5.41) is 0. The predicted molar refractivity (Wildman–Crippen MR) is 81.8 cm³/mol. The van der Waals surface area contributed by atoms with Crippen molar-refractivity contribution in [1.82, 2.24) is 9.80 Å². The molecule has 0 aromatic rings. The SMILES string of the molecule is CC(C)[C@H](N)C(=O)N1CCN(C(=O)OC(C)(C)C)C(C)C1. The Morgan fingerprint density at radius 1 is 1.24 bits per heavy atom. The van der Waals surface area contributed by atoms with E-state index in [2.05, 4.69) is 0 Å². The minimum absolute atomic E-state index is 0.0410. The van der Waals surface area contributed by atoms with Gasteiger partial charge >= 0.3 is 6.09 Å². The van der Waals surface area contributed by atoms with Crippen molar-refractivity contribution in [2.75, 3.05) is 19.6 Å². The van der Waals surface area contributed by atoms with Gasteiger partial charge in [-0.2, -0.15) is 0 Å². The molecule has 0 bridgehead atoms. The molecule has 0 aromatic heterocycles. The van der Waals surface area contributed by atoms with Gasteiger partial charge in [0.1, 0.15) is 5.60 Å². The lowest BCUT2D eigenvalue weighted by Gasteiger charge is -2.41. The molecule has 1 aliphatic rings. The number of nitrogens with two attached hydrogens (primary N) is 1. The zero-order valence-corrected chi connectivity index (χ0v) is 14.0. The molecule has 6 nitrogen and oxygen atoms in total. The number of carbonyl (C=O) groups is 2. The van der Waals surface area contributed by atoms with Crippen LogP contribution in [-0.4, -0.2) is 59.1 Å². The van der Waals surface area contributed by atoms with Gasteiger partial charge in [0, 0.05) is 25.7 Å². The average molecular weight is 299 g/mol. The van der Waals surface area contributed by atoms with E-state index in [4.69, 9.17) is 10.5 Å². The molecular formula is C15H29N3O3. The van der Waals surface area contributed by atoms with Crippen LogP contribution in [0.25, 0.3) is 0 Å². The van der Waals surface area contributed by atoms with E-state index in [1.807, 2.05) is 41.5 Å². The summed E-state index contributed by atoms with van der Waals surface area (Å²) in [5.41, 5.74) is 5.41. The number of carbonyl (C=O) groups excluding carboxylic acids is 2. The summed E-state index contributed by atoms with van der Waals surface area (Å²) >= 11 is 0. The second-order valence-electron chi connectivity index (χ2n) is 7.08. The maximum absolute atomic E-state index is 12.3. The van der Waals surface area contributed by atoms with E-state index in [9.17, 15) is 9.59 Å². The molecule has 2 N–H and O–H groups in total. The summed E-state index contributed by atoms with van der Waals surface area (Å²) < 4.78 is 5.39. The number of nitrogens with zero attached hydrogens (tertiary/aromatic N) is 2. The monoisotopic (exact) mass is 299 g/mol. The van der Waals surface area contributed by atoms with Gasteiger partial charge in [0.05, 0.1) is 6.04 Å². The van der Waals surface area contributed by atoms with Crippen LogP contribution in [-0.2, 0) is 9.53 Å². The normalized spacial score (nSPS) is 21.4. The molecule has 2 amide bonds. The summed E-state index contributed by atoms with van der Waals surface area (Å²) in [6.45, 7) is 12.8.